The van der Waals surface area contributed by atoms with Gasteiger partial charge in [0.1, 0.15) is 0 Å². The summed E-state index contributed by atoms with van der Waals surface area (Å²) >= 11 is 0. The number of carboxylic acids is 1. The molecule has 1 saturated heterocycles. The van der Waals surface area contributed by atoms with Crippen molar-refractivity contribution in [3.05, 3.63) is 0 Å². The van der Waals surface area contributed by atoms with Crippen molar-refractivity contribution in [2.45, 2.75) is 26.7 Å². The Hall–Kier alpha value is -0.620. The molecule has 1 N–H and O–H groups in total. The van der Waals surface area contributed by atoms with Crippen molar-refractivity contribution in [3.8, 4) is 0 Å². The SMILES string of the molecule is CC(C)CCS(=O)(=O)N1CCC(C(=O)O)C1. The molecule has 0 radical (unpaired) electrons. The van der Waals surface area contributed by atoms with E-state index in [0.29, 0.717) is 25.3 Å². The standard InChI is InChI=1S/C10H19NO4S/c1-8(2)4-6-16(14,15)11-5-3-9(7-11)10(12)13/h8-9H,3-7H2,1-2H3,(H,12,13). The van der Waals surface area contributed by atoms with E-state index in [1.807, 2.05) is 13.8 Å². The molecule has 1 unspecified atom stereocenters. The summed E-state index contributed by atoms with van der Waals surface area (Å²) < 4.78 is 25.0. The average Bonchev–Trinajstić information content (AvgIpc) is 2.64. The first-order chi connectivity index (χ1) is 7.33. The summed E-state index contributed by atoms with van der Waals surface area (Å²) in [6, 6.07) is 0. The molecule has 0 bridgehead atoms. The molecule has 0 amide bonds. The van der Waals surface area contributed by atoms with Crippen molar-refractivity contribution in [3.63, 3.8) is 0 Å². The lowest BCUT2D eigenvalue weighted by Gasteiger charge is -2.16. The Morgan fingerprint density at radius 1 is 1.50 bits per heavy atom. The smallest absolute Gasteiger partial charge is 0.307 e. The largest absolute Gasteiger partial charge is 0.481 e. The molecule has 1 atom stereocenters. The van der Waals surface area contributed by atoms with E-state index in [2.05, 4.69) is 0 Å². The first kappa shape index (κ1) is 13.4. The molecule has 1 heterocycles. The molecule has 0 saturated carbocycles. The molecule has 16 heavy (non-hydrogen) atoms. The summed E-state index contributed by atoms with van der Waals surface area (Å²) in [5, 5.41) is 8.79. The van der Waals surface area contributed by atoms with E-state index in [4.69, 9.17) is 5.11 Å². The van der Waals surface area contributed by atoms with Gasteiger partial charge in [-0.3, -0.25) is 4.79 Å². The fourth-order valence-electron chi connectivity index (χ4n) is 1.70. The van der Waals surface area contributed by atoms with E-state index < -0.39 is 21.9 Å². The summed E-state index contributed by atoms with van der Waals surface area (Å²) in [6.07, 6.45) is 1.05. The van der Waals surface area contributed by atoms with Gasteiger partial charge in [-0.15, -0.1) is 0 Å². The maximum absolute atomic E-state index is 11.8. The van der Waals surface area contributed by atoms with Gasteiger partial charge in [-0.05, 0) is 18.8 Å². The highest BCUT2D eigenvalue weighted by Gasteiger charge is 2.34. The maximum atomic E-state index is 11.8. The molecule has 0 aromatic carbocycles. The van der Waals surface area contributed by atoms with Crippen LogP contribution in [0.25, 0.3) is 0 Å². The molecular weight excluding hydrogens is 230 g/mol. The van der Waals surface area contributed by atoms with Crippen molar-refractivity contribution in [1.29, 1.82) is 0 Å². The second-order valence-electron chi connectivity index (χ2n) is 4.68. The molecular formula is C10H19NO4S. The van der Waals surface area contributed by atoms with Crippen LogP contribution in [0.2, 0.25) is 0 Å². The Labute approximate surface area is 96.5 Å². The third-order valence-corrected chi connectivity index (χ3v) is 4.72. The molecule has 94 valence electrons. The highest BCUT2D eigenvalue weighted by Crippen LogP contribution is 2.20. The van der Waals surface area contributed by atoms with Gasteiger partial charge in [0.2, 0.25) is 10.0 Å². The lowest BCUT2D eigenvalue weighted by atomic mass is 10.1. The van der Waals surface area contributed by atoms with Crippen LogP contribution in [-0.2, 0) is 14.8 Å². The maximum Gasteiger partial charge on any atom is 0.307 e. The monoisotopic (exact) mass is 249 g/mol. The highest BCUT2D eigenvalue weighted by molar-refractivity contribution is 7.89. The van der Waals surface area contributed by atoms with Gasteiger partial charge in [-0.25, -0.2) is 12.7 Å². The number of hydrogen-bond acceptors (Lipinski definition) is 3. The Kier molecular flexibility index (Phi) is 4.32. The third kappa shape index (κ3) is 3.45. The first-order valence-electron chi connectivity index (χ1n) is 5.53. The minimum atomic E-state index is -3.25. The topological polar surface area (TPSA) is 74.7 Å². The third-order valence-electron chi connectivity index (χ3n) is 2.85. The van der Waals surface area contributed by atoms with E-state index in [-0.39, 0.29) is 12.3 Å². The van der Waals surface area contributed by atoms with Crippen molar-refractivity contribution in [2.24, 2.45) is 11.8 Å². The van der Waals surface area contributed by atoms with E-state index in [1.165, 1.54) is 4.31 Å². The van der Waals surface area contributed by atoms with E-state index in [0.717, 1.165) is 0 Å². The molecule has 1 rings (SSSR count). The second-order valence-corrected chi connectivity index (χ2v) is 6.77. The number of nitrogens with zero attached hydrogens (tertiary/aromatic N) is 1. The van der Waals surface area contributed by atoms with E-state index >= 15 is 0 Å². The molecule has 1 aliphatic heterocycles. The molecule has 5 nitrogen and oxygen atoms in total. The van der Waals surface area contributed by atoms with E-state index in [9.17, 15) is 13.2 Å². The van der Waals surface area contributed by atoms with E-state index in [1.54, 1.807) is 0 Å². The molecule has 1 fully saturated rings. The number of sulfonamides is 1. The Morgan fingerprint density at radius 2 is 2.12 bits per heavy atom. The molecule has 0 aromatic heterocycles. The highest BCUT2D eigenvalue weighted by atomic mass is 32.2. The van der Waals surface area contributed by atoms with Gasteiger partial charge >= 0.3 is 5.97 Å². The van der Waals surface area contributed by atoms with Gasteiger partial charge in [0, 0.05) is 13.1 Å². The van der Waals surface area contributed by atoms with Gasteiger partial charge in [-0.1, -0.05) is 13.8 Å². The average molecular weight is 249 g/mol. The number of rotatable bonds is 5. The van der Waals surface area contributed by atoms with Gasteiger partial charge < -0.3 is 5.11 Å². The summed E-state index contributed by atoms with van der Waals surface area (Å²) in [5.74, 6) is -0.972. The van der Waals surface area contributed by atoms with Crippen LogP contribution in [0, 0.1) is 11.8 Å². The van der Waals surface area contributed by atoms with Crippen LogP contribution in [0.15, 0.2) is 0 Å². The fraction of sp³-hybridized carbons (Fsp3) is 0.900. The van der Waals surface area contributed by atoms with Gasteiger partial charge in [0.05, 0.1) is 11.7 Å². The Balaban J connectivity index is 2.55. The number of aliphatic carboxylic acids is 1. The van der Waals surface area contributed by atoms with Crippen LogP contribution in [0.4, 0.5) is 0 Å². The van der Waals surface area contributed by atoms with Crippen molar-refractivity contribution < 1.29 is 18.3 Å². The van der Waals surface area contributed by atoms with Crippen molar-refractivity contribution in [1.82, 2.24) is 4.31 Å². The van der Waals surface area contributed by atoms with Crippen LogP contribution in [0.5, 0.6) is 0 Å². The molecule has 1 aliphatic rings. The quantitative estimate of drug-likeness (QED) is 0.781. The Bertz CT molecular complexity index is 350. The van der Waals surface area contributed by atoms with Crippen LogP contribution in [0.3, 0.4) is 0 Å². The minimum absolute atomic E-state index is 0.122. The molecule has 0 aliphatic carbocycles. The summed E-state index contributed by atoms with van der Waals surface area (Å²) in [4.78, 5) is 10.7. The van der Waals surface area contributed by atoms with Crippen molar-refractivity contribution >= 4 is 16.0 Å². The zero-order valence-corrected chi connectivity index (χ0v) is 10.5. The molecule has 6 heteroatoms. The predicted molar refractivity (Wildman–Crippen MR) is 60.6 cm³/mol. The Morgan fingerprint density at radius 3 is 2.56 bits per heavy atom. The van der Waals surface area contributed by atoms with Gasteiger partial charge in [-0.2, -0.15) is 0 Å². The van der Waals surface area contributed by atoms with Gasteiger partial charge in [0.15, 0.2) is 0 Å². The fourth-order valence-corrected chi connectivity index (χ4v) is 3.51. The van der Waals surface area contributed by atoms with Crippen LogP contribution < -0.4 is 0 Å². The molecule has 0 spiro atoms. The lowest BCUT2D eigenvalue weighted by molar-refractivity contribution is -0.141. The zero-order valence-electron chi connectivity index (χ0n) is 9.72. The summed E-state index contributed by atoms with van der Waals surface area (Å²) in [7, 11) is -3.25. The predicted octanol–water partition coefficient (Wildman–Crippen LogP) is 0.769. The number of carbonyl (C=O) groups is 1. The number of carboxylic acid groups (broad SMARTS) is 1. The lowest BCUT2D eigenvalue weighted by Crippen LogP contribution is -2.32. The molecule has 0 aromatic rings. The first-order valence-corrected chi connectivity index (χ1v) is 7.14. The normalized spacial score (nSPS) is 22.8. The van der Waals surface area contributed by atoms with Crippen molar-refractivity contribution in [2.75, 3.05) is 18.8 Å². The number of hydrogen-bond donors (Lipinski definition) is 1. The van der Waals surface area contributed by atoms with Crippen LogP contribution in [0.1, 0.15) is 26.7 Å². The van der Waals surface area contributed by atoms with Gasteiger partial charge in [0.25, 0.3) is 0 Å². The van der Waals surface area contributed by atoms with Crippen LogP contribution in [-0.4, -0.2) is 42.6 Å². The summed E-state index contributed by atoms with van der Waals surface area (Å²) in [5.41, 5.74) is 0. The second kappa shape index (κ2) is 5.14. The summed E-state index contributed by atoms with van der Waals surface area (Å²) in [6.45, 7) is 4.42. The zero-order chi connectivity index (χ0) is 12.3. The minimum Gasteiger partial charge on any atom is -0.481 e. The van der Waals surface area contributed by atoms with Crippen LogP contribution >= 0.6 is 0 Å².